The number of aryl methyl sites for hydroxylation is 1. The fourth-order valence-electron chi connectivity index (χ4n) is 0.914. The lowest BCUT2D eigenvalue weighted by molar-refractivity contribution is -0.0373. The Labute approximate surface area is 98.2 Å². The first-order valence-corrected chi connectivity index (χ1v) is 5.11. The largest absolute Gasteiger partial charge is 0.390 e. The highest BCUT2D eigenvalue weighted by molar-refractivity contribution is 9.10. The second-order valence-corrected chi connectivity index (χ2v) is 3.96. The summed E-state index contributed by atoms with van der Waals surface area (Å²) in [5, 5.41) is 14.4. The second-order valence-electron chi connectivity index (χ2n) is 3.17. The molecule has 0 amide bonds. The molecule has 0 radical (unpaired) electrons. The van der Waals surface area contributed by atoms with Crippen molar-refractivity contribution in [2.24, 2.45) is 7.05 Å². The fraction of sp³-hybridized carbons (Fsp3) is 0.500. The maximum atomic E-state index is 12.7. The van der Waals surface area contributed by atoms with E-state index in [-0.39, 0.29) is 10.2 Å². The number of hydrogen-bond acceptors (Lipinski definition) is 4. The number of aromatic nitrogens is 2. The summed E-state index contributed by atoms with van der Waals surface area (Å²) < 4.78 is 26.6. The molecule has 0 bridgehead atoms. The van der Waals surface area contributed by atoms with Crippen LogP contribution < -0.4 is 10.9 Å². The van der Waals surface area contributed by atoms with Gasteiger partial charge in [0, 0.05) is 7.05 Å². The predicted octanol–water partition coefficient (Wildman–Crippen LogP) is 0.582. The van der Waals surface area contributed by atoms with Crippen molar-refractivity contribution in [2.45, 2.75) is 5.92 Å². The second kappa shape index (κ2) is 4.88. The molecule has 1 aromatic rings. The molecule has 1 aromatic heterocycles. The van der Waals surface area contributed by atoms with E-state index in [0.717, 1.165) is 4.68 Å². The third kappa shape index (κ3) is 2.99. The molecular weight excluding hydrogens is 288 g/mol. The summed E-state index contributed by atoms with van der Waals surface area (Å²) in [6, 6.07) is 0. The van der Waals surface area contributed by atoms with Crippen molar-refractivity contribution < 1.29 is 13.9 Å². The summed E-state index contributed by atoms with van der Waals surface area (Å²) in [6.07, 6.45) is 1.25. The van der Waals surface area contributed by atoms with Crippen molar-refractivity contribution in [1.29, 1.82) is 0 Å². The lowest BCUT2D eigenvalue weighted by Crippen LogP contribution is -2.32. The van der Waals surface area contributed by atoms with E-state index in [9.17, 15) is 13.6 Å². The lowest BCUT2D eigenvalue weighted by Gasteiger charge is -2.15. The summed E-state index contributed by atoms with van der Waals surface area (Å²) in [5.41, 5.74) is -0.270. The molecule has 0 aliphatic carbocycles. The molecule has 1 rings (SSSR count). The number of nitrogens with zero attached hydrogens (tertiary/aromatic N) is 2. The molecule has 16 heavy (non-hydrogen) atoms. The van der Waals surface area contributed by atoms with E-state index in [0.29, 0.717) is 0 Å². The molecule has 0 unspecified atom stereocenters. The van der Waals surface area contributed by atoms with E-state index in [2.05, 4.69) is 26.3 Å². The van der Waals surface area contributed by atoms with Crippen LogP contribution in [0.3, 0.4) is 0 Å². The Kier molecular flexibility index (Phi) is 3.98. The van der Waals surface area contributed by atoms with E-state index < -0.39 is 24.6 Å². The van der Waals surface area contributed by atoms with Crippen molar-refractivity contribution in [2.75, 3.05) is 18.5 Å². The third-order valence-electron chi connectivity index (χ3n) is 1.85. The van der Waals surface area contributed by atoms with Gasteiger partial charge in [0.2, 0.25) is 0 Å². The number of nitrogens with one attached hydrogen (secondary N) is 1. The van der Waals surface area contributed by atoms with Crippen LogP contribution >= 0.6 is 15.9 Å². The zero-order chi connectivity index (χ0) is 12.3. The Balaban J connectivity index is 2.84. The number of hydrogen-bond donors (Lipinski definition) is 2. The summed E-state index contributed by atoms with van der Waals surface area (Å²) in [4.78, 5) is 11.4. The molecule has 2 N–H and O–H groups in total. The summed E-state index contributed by atoms with van der Waals surface area (Å²) in [7, 11) is 1.44. The van der Waals surface area contributed by atoms with Gasteiger partial charge >= 0.3 is 0 Å². The Morgan fingerprint density at radius 2 is 2.31 bits per heavy atom. The minimum Gasteiger partial charge on any atom is -0.390 e. The Morgan fingerprint density at radius 1 is 1.69 bits per heavy atom. The number of alkyl halides is 2. The Bertz CT molecular complexity index is 436. The van der Waals surface area contributed by atoms with E-state index >= 15 is 0 Å². The molecule has 0 aliphatic rings. The topological polar surface area (TPSA) is 67.2 Å². The van der Waals surface area contributed by atoms with Crippen LogP contribution in [0.1, 0.15) is 0 Å². The minimum absolute atomic E-state index is 0.124. The molecule has 0 saturated carbocycles. The van der Waals surface area contributed by atoms with Gasteiger partial charge < -0.3 is 10.4 Å². The normalized spacial score (nSPS) is 11.6. The molecule has 0 saturated heterocycles. The number of aliphatic hydroxyl groups is 1. The first-order chi connectivity index (χ1) is 7.37. The zero-order valence-corrected chi connectivity index (χ0v) is 9.96. The van der Waals surface area contributed by atoms with E-state index in [1.807, 2.05) is 0 Å². The number of halogens is 3. The molecule has 0 spiro atoms. The molecule has 0 fully saturated rings. The van der Waals surface area contributed by atoms with Gasteiger partial charge in [0.05, 0.1) is 18.4 Å². The van der Waals surface area contributed by atoms with Crippen molar-refractivity contribution >= 4 is 21.6 Å². The maximum Gasteiger partial charge on any atom is 0.287 e. The monoisotopic (exact) mass is 297 g/mol. The first kappa shape index (κ1) is 13.0. The number of aliphatic hydroxyl groups excluding tert-OH is 1. The lowest BCUT2D eigenvalue weighted by atomic mass is 10.3. The quantitative estimate of drug-likeness (QED) is 0.853. The standard InChI is InChI=1S/C8H10BrF2N3O2/c1-14-7(16)6(9)5(2-13-14)12-3-8(10,11)4-15/h2,12,15H,3-4H2,1H3. The Morgan fingerprint density at radius 3 is 2.88 bits per heavy atom. The molecule has 5 nitrogen and oxygen atoms in total. The van der Waals surface area contributed by atoms with Crippen molar-refractivity contribution in [3.8, 4) is 0 Å². The van der Waals surface area contributed by atoms with Crippen LogP contribution in [0, 0.1) is 0 Å². The molecular formula is C8H10BrF2N3O2. The van der Waals surface area contributed by atoms with Crippen LogP contribution in [0.5, 0.6) is 0 Å². The molecule has 0 atom stereocenters. The van der Waals surface area contributed by atoms with Gasteiger partial charge in [0.1, 0.15) is 11.1 Å². The fourth-order valence-corrected chi connectivity index (χ4v) is 1.41. The summed E-state index contributed by atoms with van der Waals surface area (Å²) >= 11 is 2.98. The first-order valence-electron chi connectivity index (χ1n) is 4.32. The van der Waals surface area contributed by atoms with Crippen LogP contribution in [0.15, 0.2) is 15.5 Å². The Hall–Kier alpha value is -1.02. The third-order valence-corrected chi connectivity index (χ3v) is 2.61. The van der Waals surface area contributed by atoms with Gasteiger partial charge in [-0.25, -0.2) is 13.5 Å². The van der Waals surface area contributed by atoms with Crippen molar-refractivity contribution in [1.82, 2.24) is 9.78 Å². The number of rotatable bonds is 4. The van der Waals surface area contributed by atoms with Gasteiger partial charge in [0.15, 0.2) is 0 Å². The van der Waals surface area contributed by atoms with Crippen LogP contribution in [-0.2, 0) is 7.05 Å². The highest BCUT2D eigenvalue weighted by Gasteiger charge is 2.27. The molecule has 8 heteroatoms. The average molecular weight is 298 g/mol. The van der Waals surface area contributed by atoms with Gasteiger partial charge in [-0.3, -0.25) is 4.79 Å². The highest BCUT2D eigenvalue weighted by Crippen LogP contribution is 2.19. The van der Waals surface area contributed by atoms with E-state index in [4.69, 9.17) is 5.11 Å². The van der Waals surface area contributed by atoms with Gasteiger partial charge in [-0.05, 0) is 15.9 Å². The minimum atomic E-state index is -3.24. The van der Waals surface area contributed by atoms with Crippen LogP contribution in [0.4, 0.5) is 14.5 Å². The molecule has 90 valence electrons. The van der Waals surface area contributed by atoms with E-state index in [1.54, 1.807) is 0 Å². The zero-order valence-electron chi connectivity index (χ0n) is 8.38. The summed E-state index contributed by atoms with van der Waals surface area (Å²) in [5.74, 6) is -3.24. The van der Waals surface area contributed by atoms with Crippen LogP contribution in [-0.4, -0.2) is 34.0 Å². The number of anilines is 1. The molecule has 0 aliphatic heterocycles. The van der Waals surface area contributed by atoms with E-state index in [1.165, 1.54) is 13.2 Å². The van der Waals surface area contributed by atoms with Gasteiger partial charge in [-0.1, -0.05) is 0 Å². The molecule has 0 aromatic carbocycles. The van der Waals surface area contributed by atoms with Gasteiger partial charge in [-0.2, -0.15) is 5.10 Å². The predicted molar refractivity (Wildman–Crippen MR) is 57.7 cm³/mol. The van der Waals surface area contributed by atoms with Crippen LogP contribution in [0.2, 0.25) is 0 Å². The summed E-state index contributed by atoms with van der Waals surface area (Å²) in [6.45, 7) is -2.02. The maximum absolute atomic E-state index is 12.7. The van der Waals surface area contributed by atoms with Crippen molar-refractivity contribution in [3.05, 3.63) is 21.0 Å². The smallest absolute Gasteiger partial charge is 0.287 e. The highest BCUT2D eigenvalue weighted by atomic mass is 79.9. The SMILES string of the molecule is Cn1ncc(NCC(F)(F)CO)c(Br)c1=O. The van der Waals surface area contributed by atoms with Crippen LogP contribution in [0.25, 0.3) is 0 Å². The van der Waals surface area contributed by atoms with Crippen molar-refractivity contribution in [3.63, 3.8) is 0 Å². The molecule has 1 heterocycles. The van der Waals surface area contributed by atoms with Gasteiger partial charge in [0.25, 0.3) is 11.5 Å². The average Bonchev–Trinajstić information content (AvgIpc) is 2.25. The van der Waals surface area contributed by atoms with Gasteiger partial charge in [-0.15, -0.1) is 0 Å².